The molecule has 0 spiro atoms. The molecule has 2 unspecified atom stereocenters. The molecule has 2 aliphatic heterocycles. The number of hydrogen-bond donors (Lipinski definition) is 1. The van der Waals surface area contributed by atoms with Crippen LogP contribution in [0.1, 0.15) is 41.0 Å². The van der Waals surface area contributed by atoms with E-state index in [9.17, 15) is 9.32 Å². The first kappa shape index (κ1) is 20.5. The maximum Gasteiger partial charge on any atom is 0.494 e. The number of nitrogens with zero attached hydrogens (tertiary/aromatic N) is 1. The Labute approximate surface area is 152 Å². The molecule has 0 saturated carbocycles. The van der Waals surface area contributed by atoms with Crippen LogP contribution in [0.4, 0.5) is 0 Å². The van der Waals surface area contributed by atoms with E-state index in [-0.39, 0.29) is 16.7 Å². The number of hydrogen-bond acceptors (Lipinski definition) is 4. The average molecular weight is 369 g/mol. The van der Waals surface area contributed by atoms with Crippen LogP contribution in [0, 0.1) is 0 Å². The second-order valence-corrected chi connectivity index (χ2v) is 9.50. The van der Waals surface area contributed by atoms with Crippen molar-refractivity contribution >= 4 is 23.6 Å². The SMILES string of the molecule is CC1(O)CCN(S(=O)c2ccc(B3OC(C)(C)C(C)(C)O3)cc2)C1.O. The summed E-state index contributed by atoms with van der Waals surface area (Å²) < 4.78 is 26.5. The molecule has 0 bridgehead atoms. The van der Waals surface area contributed by atoms with Crippen molar-refractivity contribution in [2.75, 3.05) is 13.1 Å². The van der Waals surface area contributed by atoms with Gasteiger partial charge in [-0.1, -0.05) is 12.1 Å². The molecule has 2 saturated heterocycles. The van der Waals surface area contributed by atoms with Crippen LogP contribution in [-0.2, 0) is 20.3 Å². The summed E-state index contributed by atoms with van der Waals surface area (Å²) in [6.07, 6.45) is 0.644. The summed E-state index contributed by atoms with van der Waals surface area (Å²) in [5, 5.41) is 10.0. The first-order chi connectivity index (χ1) is 11.0. The summed E-state index contributed by atoms with van der Waals surface area (Å²) >= 11 is 0. The smallest absolute Gasteiger partial charge is 0.412 e. The standard InChI is InChI=1S/C17H26BNO4S.H2O/c1-15(2)16(3,4)23-18(22-15)13-6-8-14(9-7-13)24(21)19-11-10-17(5,20)12-19;/h6-9,20H,10-12H2,1-5H3;1H2. The Morgan fingerprint density at radius 1 is 1.08 bits per heavy atom. The van der Waals surface area contributed by atoms with Gasteiger partial charge in [-0.25, -0.2) is 8.51 Å². The van der Waals surface area contributed by atoms with E-state index in [4.69, 9.17) is 9.31 Å². The van der Waals surface area contributed by atoms with Crippen molar-refractivity contribution in [1.82, 2.24) is 4.31 Å². The molecule has 2 heterocycles. The molecule has 2 atom stereocenters. The first-order valence-electron chi connectivity index (χ1n) is 8.36. The van der Waals surface area contributed by atoms with Gasteiger partial charge in [0.1, 0.15) is 11.0 Å². The molecule has 3 N–H and O–H groups in total. The Morgan fingerprint density at radius 3 is 2.04 bits per heavy atom. The van der Waals surface area contributed by atoms with Gasteiger partial charge in [-0.2, -0.15) is 0 Å². The summed E-state index contributed by atoms with van der Waals surface area (Å²) in [6, 6.07) is 7.51. The summed E-state index contributed by atoms with van der Waals surface area (Å²) in [6.45, 7) is 10.9. The van der Waals surface area contributed by atoms with E-state index >= 15 is 0 Å². The lowest BCUT2D eigenvalue weighted by Crippen LogP contribution is -2.41. The minimum absolute atomic E-state index is 0. The fraction of sp³-hybridized carbons (Fsp3) is 0.647. The zero-order chi connectivity index (χ0) is 17.8. The van der Waals surface area contributed by atoms with Crippen molar-refractivity contribution < 1.29 is 24.1 Å². The van der Waals surface area contributed by atoms with Crippen LogP contribution in [0.2, 0.25) is 0 Å². The van der Waals surface area contributed by atoms with Gasteiger partial charge in [-0.3, -0.25) is 0 Å². The summed E-state index contributed by atoms with van der Waals surface area (Å²) in [5.41, 5.74) is -0.582. The van der Waals surface area contributed by atoms with Gasteiger partial charge in [0.05, 0.1) is 21.7 Å². The lowest BCUT2D eigenvalue weighted by atomic mass is 9.79. The van der Waals surface area contributed by atoms with Crippen LogP contribution in [-0.4, -0.2) is 56.1 Å². The highest BCUT2D eigenvalue weighted by molar-refractivity contribution is 7.82. The van der Waals surface area contributed by atoms with Gasteiger partial charge in [0, 0.05) is 13.1 Å². The van der Waals surface area contributed by atoms with E-state index in [0.717, 1.165) is 10.4 Å². The van der Waals surface area contributed by atoms with Crippen LogP contribution in [0.25, 0.3) is 0 Å². The highest BCUT2D eigenvalue weighted by atomic mass is 32.2. The van der Waals surface area contributed by atoms with E-state index in [1.54, 1.807) is 6.92 Å². The Kier molecular flexibility index (Phi) is 5.55. The minimum Gasteiger partial charge on any atom is -0.412 e. The van der Waals surface area contributed by atoms with Gasteiger partial charge < -0.3 is 19.9 Å². The Morgan fingerprint density at radius 2 is 1.60 bits per heavy atom. The van der Waals surface area contributed by atoms with Gasteiger partial charge in [-0.05, 0) is 58.6 Å². The third kappa shape index (κ3) is 3.99. The van der Waals surface area contributed by atoms with Crippen LogP contribution in [0.5, 0.6) is 0 Å². The van der Waals surface area contributed by atoms with Gasteiger partial charge in [-0.15, -0.1) is 0 Å². The molecule has 0 radical (unpaired) electrons. The lowest BCUT2D eigenvalue weighted by Gasteiger charge is -2.32. The largest absolute Gasteiger partial charge is 0.494 e. The number of β-amino-alcohol motifs (C(OH)–C–C–N with tert-alkyl or cyclic N) is 1. The number of rotatable bonds is 3. The summed E-state index contributed by atoms with van der Waals surface area (Å²) in [7, 11) is -1.67. The molecule has 2 fully saturated rings. The number of aliphatic hydroxyl groups is 1. The van der Waals surface area contributed by atoms with Crippen molar-refractivity contribution in [1.29, 1.82) is 0 Å². The van der Waals surface area contributed by atoms with Crippen LogP contribution in [0.3, 0.4) is 0 Å². The van der Waals surface area contributed by atoms with E-state index < -0.39 is 23.7 Å². The Balaban J connectivity index is 0.00000225. The Hall–Kier alpha value is -0.765. The lowest BCUT2D eigenvalue weighted by molar-refractivity contribution is 0.00578. The number of benzene rings is 1. The van der Waals surface area contributed by atoms with Gasteiger partial charge >= 0.3 is 7.12 Å². The average Bonchev–Trinajstić information content (AvgIpc) is 2.95. The molecule has 2 aliphatic rings. The molecule has 140 valence electrons. The van der Waals surface area contributed by atoms with Gasteiger partial charge in [0.15, 0.2) is 0 Å². The molecule has 0 aliphatic carbocycles. The monoisotopic (exact) mass is 369 g/mol. The molecule has 1 aromatic rings. The molecule has 0 aromatic heterocycles. The van der Waals surface area contributed by atoms with Gasteiger partial charge in [0.25, 0.3) is 0 Å². The normalized spacial score (nSPS) is 29.4. The molecular formula is C17H28BNO5S. The van der Waals surface area contributed by atoms with E-state index in [2.05, 4.69) is 0 Å². The minimum atomic E-state index is -1.25. The third-order valence-corrected chi connectivity index (χ3v) is 6.71. The summed E-state index contributed by atoms with van der Waals surface area (Å²) in [4.78, 5) is 0.730. The van der Waals surface area contributed by atoms with Crippen molar-refractivity contribution in [3.8, 4) is 0 Å². The van der Waals surface area contributed by atoms with Crippen LogP contribution < -0.4 is 5.46 Å². The zero-order valence-electron chi connectivity index (χ0n) is 15.5. The second-order valence-electron chi connectivity index (χ2n) is 8.02. The highest BCUT2D eigenvalue weighted by Crippen LogP contribution is 2.36. The van der Waals surface area contributed by atoms with E-state index in [1.807, 2.05) is 56.3 Å². The first-order valence-corrected chi connectivity index (χ1v) is 9.46. The van der Waals surface area contributed by atoms with Crippen molar-refractivity contribution in [3.05, 3.63) is 24.3 Å². The molecule has 1 aromatic carbocycles. The molecule has 0 amide bonds. The van der Waals surface area contributed by atoms with E-state index in [0.29, 0.717) is 19.5 Å². The van der Waals surface area contributed by atoms with E-state index in [1.165, 1.54) is 0 Å². The summed E-state index contributed by atoms with van der Waals surface area (Å²) in [5.74, 6) is 0. The maximum absolute atomic E-state index is 12.6. The quantitative estimate of drug-likeness (QED) is 0.792. The zero-order valence-corrected chi connectivity index (χ0v) is 16.4. The highest BCUT2D eigenvalue weighted by Gasteiger charge is 2.51. The molecule has 6 nitrogen and oxygen atoms in total. The molecular weight excluding hydrogens is 341 g/mol. The predicted octanol–water partition coefficient (Wildman–Crippen LogP) is 0.640. The third-order valence-electron chi connectivity index (χ3n) is 5.26. The second kappa shape index (κ2) is 6.76. The van der Waals surface area contributed by atoms with Gasteiger partial charge in [0.2, 0.25) is 0 Å². The topological polar surface area (TPSA) is 90.5 Å². The van der Waals surface area contributed by atoms with Crippen molar-refractivity contribution in [2.24, 2.45) is 0 Å². The fourth-order valence-electron chi connectivity index (χ4n) is 2.91. The van der Waals surface area contributed by atoms with Crippen LogP contribution >= 0.6 is 0 Å². The Bertz CT molecular complexity index is 631. The molecule has 3 rings (SSSR count). The predicted molar refractivity (Wildman–Crippen MR) is 99.0 cm³/mol. The fourth-order valence-corrected chi connectivity index (χ4v) is 4.23. The van der Waals surface area contributed by atoms with Crippen LogP contribution in [0.15, 0.2) is 29.2 Å². The van der Waals surface area contributed by atoms with Crippen molar-refractivity contribution in [2.45, 2.75) is 62.7 Å². The molecule has 25 heavy (non-hydrogen) atoms. The maximum atomic E-state index is 12.6. The van der Waals surface area contributed by atoms with Crippen molar-refractivity contribution in [3.63, 3.8) is 0 Å². The molecule has 8 heteroatoms.